The molecule has 4 aromatic rings. The second-order valence-electron chi connectivity index (χ2n) is 9.20. The van der Waals surface area contributed by atoms with Crippen LogP contribution in [0.3, 0.4) is 0 Å². The third-order valence-electron chi connectivity index (χ3n) is 5.63. The Morgan fingerprint density at radius 3 is 1.29 bits per heavy atom. The predicted molar refractivity (Wildman–Crippen MR) is 160 cm³/mol. The number of hydrogen-bond donors (Lipinski definition) is 2. The molecule has 41 heavy (non-hydrogen) atoms. The zero-order valence-corrected chi connectivity index (χ0v) is 26.3. The van der Waals surface area contributed by atoms with Crippen LogP contribution in [0.1, 0.15) is 41.4 Å². The molecule has 0 atom stereocenters. The molecule has 0 bridgehead atoms. The van der Waals surface area contributed by atoms with Crippen LogP contribution in [0.2, 0.25) is 19.9 Å². The summed E-state index contributed by atoms with van der Waals surface area (Å²) < 4.78 is 11.4. The van der Waals surface area contributed by atoms with E-state index >= 15 is 0 Å². The third kappa shape index (κ3) is 8.09. The second kappa shape index (κ2) is 13.2. The average molecular weight is 698 g/mol. The maximum absolute atomic E-state index is 13.2. The summed E-state index contributed by atoms with van der Waals surface area (Å²) in [6.45, 7) is 0. The Morgan fingerprint density at radius 2 is 0.927 bits per heavy atom. The van der Waals surface area contributed by atoms with Gasteiger partial charge < -0.3 is 0 Å². The van der Waals surface area contributed by atoms with E-state index in [9.17, 15) is 19.2 Å². The van der Waals surface area contributed by atoms with Gasteiger partial charge >= 0.3 is 253 Å². The summed E-state index contributed by atoms with van der Waals surface area (Å²) in [5, 5.41) is 6.29. The first-order valence-electron chi connectivity index (χ1n) is 12.3. The van der Waals surface area contributed by atoms with Gasteiger partial charge in [0.2, 0.25) is 0 Å². The first kappa shape index (κ1) is 30.1. The number of hydrogen-bond acceptors (Lipinski definition) is 6. The van der Waals surface area contributed by atoms with Gasteiger partial charge in [-0.2, -0.15) is 0 Å². The number of benzene rings is 4. The van der Waals surface area contributed by atoms with Gasteiger partial charge in [0, 0.05) is 0 Å². The van der Waals surface area contributed by atoms with E-state index in [1.807, 2.05) is 0 Å². The predicted octanol–water partition coefficient (Wildman–Crippen LogP) is 7.21. The van der Waals surface area contributed by atoms with Gasteiger partial charge in [-0.05, 0) is 0 Å². The summed E-state index contributed by atoms with van der Waals surface area (Å²) in [6.07, 6.45) is 0. The van der Waals surface area contributed by atoms with E-state index in [2.05, 4.69) is 10.6 Å². The van der Waals surface area contributed by atoms with Crippen molar-refractivity contribution in [1.82, 2.24) is 0 Å². The van der Waals surface area contributed by atoms with Gasteiger partial charge in [0.15, 0.2) is 0 Å². The third-order valence-corrected chi connectivity index (χ3v) is 9.96. The van der Waals surface area contributed by atoms with Gasteiger partial charge in [0.05, 0.1) is 0 Å². The molecule has 0 saturated carbocycles. The fourth-order valence-electron chi connectivity index (χ4n) is 3.82. The van der Waals surface area contributed by atoms with Crippen molar-refractivity contribution in [2.45, 2.75) is 9.88 Å². The zero-order valence-electron chi connectivity index (χ0n) is 21.9. The molecular weight excluding hydrogens is 674 g/mol. The van der Waals surface area contributed by atoms with Crippen molar-refractivity contribution in [3.63, 3.8) is 0 Å². The van der Waals surface area contributed by atoms with Crippen LogP contribution in [0.4, 0.5) is 11.4 Å². The molecule has 4 rings (SSSR count). The van der Waals surface area contributed by atoms with Gasteiger partial charge in [-0.15, -0.1) is 0 Å². The van der Waals surface area contributed by atoms with Crippen molar-refractivity contribution < 1.29 is 25.3 Å². The second-order valence-corrected chi connectivity index (χ2v) is 19.2. The summed E-state index contributed by atoms with van der Waals surface area (Å²) in [5.74, 6) is -2.68. The molecule has 0 aliphatic rings. The Balaban J connectivity index is 1.48. The van der Waals surface area contributed by atoms with Gasteiger partial charge in [0.25, 0.3) is 0 Å². The number of carbonyl (C=O) groups is 4. The van der Waals surface area contributed by atoms with Crippen molar-refractivity contribution in [2.24, 2.45) is 0 Å². The summed E-state index contributed by atoms with van der Waals surface area (Å²) in [7, 11) is 0. The molecule has 11 heteroatoms. The molecule has 0 unspecified atom stereocenters. The molecule has 0 aliphatic carbocycles. The molecule has 0 spiro atoms. The standard InChI is InChI=1S/2C14H10ClNO3.2CH3.Sn/c2*15-9-4-3-5-10(8-9)16-13(17)11-6-1-2-7-12(11)14(18)19;;;/h2*1-8H,(H,16,17)(H,18,19);2*1H3;/q;;;;+2/p-2. The molecule has 2 N–H and O–H groups in total. The van der Waals surface area contributed by atoms with Crippen LogP contribution in [-0.4, -0.2) is 43.0 Å². The Hall–Kier alpha value is -3.86. The summed E-state index contributed by atoms with van der Waals surface area (Å²) in [4.78, 5) is 55.4. The molecule has 8 nitrogen and oxygen atoms in total. The Kier molecular flexibility index (Phi) is 9.69. The minimum atomic E-state index is -4.35. The van der Waals surface area contributed by atoms with E-state index < -0.39 is 43.0 Å². The van der Waals surface area contributed by atoms with Crippen LogP contribution in [0.25, 0.3) is 0 Å². The van der Waals surface area contributed by atoms with E-state index in [1.165, 1.54) is 24.3 Å². The number of carbonyl (C=O) groups excluding carboxylic acids is 4. The molecule has 0 heterocycles. The van der Waals surface area contributed by atoms with Crippen LogP contribution in [0.5, 0.6) is 0 Å². The van der Waals surface area contributed by atoms with Crippen molar-refractivity contribution in [1.29, 1.82) is 0 Å². The maximum atomic E-state index is 13.2. The topological polar surface area (TPSA) is 111 Å². The van der Waals surface area contributed by atoms with Gasteiger partial charge in [0.1, 0.15) is 0 Å². The minimum absolute atomic E-state index is 0.00847. The fourth-order valence-corrected chi connectivity index (χ4v) is 7.50. The quantitative estimate of drug-likeness (QED) is 0.188. The van der Waals surface area contributed by atoms with Crippen molar-refractivity contribution >= 4 is 77.5 Å². The van der Waals surface area contributed by atoms with Crippen LogP contribution in [0.15, 0.2) is 97.1 Å². The van der Waals surface area contributed by atoms with Gasteiger partial charge in [-0.1, -0.05) is 0 Å². The molecule has 0 aliphatic heterocycles. The SMILES string of the molecule is [CH3][Sn]([CH3])([O]C(=O)c1ccccc1C(=O)Nc1cccc(Cl)c1)[O]C(=O)c1ccccc1C(=O)Nc1cccc(Cl)c1. The van der Waals surface area contributed by atoms with Crippen LogP contribution in [-0.2, 0) is 6.15 Å². The van der Waals surface area contributed by atoms with E-state index in [4.69, 9.17) is 29.4 Å². The summed E-state index contributed by atoms with van der Waals surface area (Å²) in [6, 6.07) is 25.5. The van der Waals surface area contributed by atoms with Crippen LogP contribution < -0.4 is 10.6 Å². The van der Waals surface area contributed by atoms with E-state index in [-0.39, 0.29) is 22.3 Å². The van der Waals surface area contributed by atoms with E-state index in [0.717, 1.165) is 0 Å². The van der Waals surface area contributed by atoms with Crippen LogP contribution >= 0.6 is 23.2 Å². The summed E-state index contributed by atoms with van der Waals surface area (Å²) >= 11 is 7.65. The Morgan fingerprint density at radius 1 is 0.561 bits per heavy atom. The molecule has 4 aromatic carbocycles. The van der Waals surface area contributed by atoms with Crippen LogP contribution in [0, 0.1) is 0 Å². The Bertz CT molecular complexity index is 1520. The first-order chi connectivity index (χ1) is 19.5. The number of amides is 2. The van der Waals surface area contributed by atoms with E-state index in [1.54, 1.807) is 82.7 Å². The molecule has 0 saturated heterocycles. The molecule has 0 aromatic heterocycles. The van der Waals surface area contributed by atoms with Gasteiger partial charge in [-0.3, -0.25) is 0 Å². The Labute approximate surface area is 251 Å². The fraction of sp³-hybridized carbons (Fsp3) is 0.0667. The monoisotopic (exact) mass is 698 g/mol. The molecule has 0 fully saturated rings. The zero-order chi connectivity index (χ0) is 29.6. The number of nitrogens with one attached hydrogen (secondary N) is 2. The van der Waals surface area contributed by atoms with Crippen molar-refractivity contribution in [3.8, 4) is 0 Å². The number of anilines is 2. The van der Waals surface area contributed by atoms with Gasteiger partial charge in [-0.25, -0.2) is 0 Å². The van der Waals surface area contributed by atoms with Crippen molar-refractivity contribution in [2.75, 3.05) is 10.6 Å². The molecule has 2 amide bonds. The number of halogens is 2. The van der Waals surface area contributed by atoms with E-state index in [0.29, 0.717) is 21.4 Å². The number of rotatable bonds is 8. The first-order valence-corrected chi connectivity index (χ1v) is 21.1. The average Bonchev–Trinajstić information content (AvgIpc) is 2.92. The molecular formula is C30H24Cl2N2O6Sn. The normalized spacial score (nSPS) is 10.8. The van der Waals surface area contributed by atoms with Crippen molar-refractivity contribution in [3.05, 3.63) is 129 Å². The molecule has 208 valence electrons. The molecule has 0 radical (unpaired) electrons. The summed E-state index contributed by atoms with van der Waals surface area (Å²) in [5.41, 5.74) is 1.08.